The molecule has 1 aromatic heterocycles. The summed E-state index contributed by atoms with van der Waals surface area (Å²) in [6.45, 7) is 2.43. The molecule has 0 saturated carbocycles. The summed E-state index contributed by atoms with van der Waals surface area (Å²) in [5.74, 6) is 0.288. The monoisotopic (exact) mass is 494 g/mol. The van der Waals surface area contributed by atoms with Crippen LogP contribution in [0.15, 0.2) is 78.9 Å². The molecule has 0 radical (unpaired) electrons. The molecule has 2 N–H and O–H groups in total. The Balaban J connectivity index is 1.56. The molecule has 1 amide bonds. The third-order valence-electron chi connectivity index (χ3n) is 5.88. The Morgan fingerprint density at radius 2 is 1.78 bits per heavy atom. The average molecular weight is 495 g/mol. The number of halogens is 3. The number of para-hydroxylation sites is 1. The normalized spacial score (nSPS) is 12.4. The number of hydrogen-bond donors (Lipinski definition) is 2. The highest BCUT2D eigenvalue weighted by molar-refractivity contribution is 6.12. The number of amides is 1. The lowest BCUT2D eigenvalue weighted by Crippen LogP contribution is -2.15. The van der Waals surface area contributed by atoms with Gasteiger partial charge in [0.15, 0.2) is 0 Å². The SMILES string of the molecule is CCC(CO)COc1ccc(NC(=O)c2cccc3ccc(-c4cccc(C(F)(F)F)c4)nc23)cc1. The molecule has 186 valence electrons. The van der Waals surface area contributed by atoms with Crippen molar-refractivity contribution in [2.24, 2.45) is 5.92 Å². The molecule has 0 bridgehead atoms. The van der Waals surface area contributed by atoms with E-state index in [9.17, 15) is 23.1 Å². The van der Waals surface area contributed by atoms with E-state index in [1.807, 2.05) is 6.92 Å². The van der Waals surface area contributed by atoms with E-state index in [-0.39, 0.29) is 12.5 Å². The van der Waals surface area contributed by atoms with Gasteiger partial charge in [0, 0.05) is 29.2 Å². The van der Waals surface area contributed by atoms with Crippen molar-refractivity contribution in [3.05, 3.63) is 90.0 Å². The maximum Gasteiger partial charge on any atom is 0.416 e. The van der Waals surface area contributed by atoms with E-state index in [1.165, 1.54) is 6.07 Å². The summed E-state index contributed by atoms with van der Waals surface area (Å²) in [6.07, 6.45) is -3.66. The number of benzene rings is 3. The minimum Gasteiger partial charge on any atom is -0.493 e. The standard InChI is InChI=1S/C28H25F3N2O3/c1-2-18(16-34)17-36-23-12-10-22(11-13-23)32-27(35)24-8-4-5-19-9-14-25(33-26(19)24)20-6-3-7-21(15-20)28(29,30)31/h3-15,18,34H,2,16-17H2,1H3,(H,32,35). The molecule has 0 spiro atoms. The topological polar surface area (TPSA) is 71.5 Å². The molecule has 36 heavy (non-hydrogen) atoms. The highest BCUT2D eigenvalue weighted by Gasteiger charge is 2.30. The van der Waals surface area contributed by atoms with Crippen molar-refractivity contribution in [2.45, 2.75) is 19.5 Å². The number of aromatic nitrogens is 1. The Morgan fingerprint density at radius 3 is 2.47 bits per heavy atom. The minimum absolute atomic E-state index is 0.0547. The van der Waals surface area contributed by atoms with Gasteiger partial charge in [-0.2, -0.15) is 13.2 Å². The van der Waals surface area contributed by atoms with Crippen LogP contribution in [0, 0.1) is 5.92 Å². The number of nitrogens with one attached hydrogen (secondary N) is 1. The number of hydrogen-bond acceptors (Lipinski definition) is 4. The molecule has 4 aromatic rings. The molecule has 4 rings (SSSR count). The molecule has 0 aliphatic rings. The fraction of sp³-hybridized carbons (Fsp3) is 0.214. The van der Waals surface area contributed by atoms with Crippen molar-refractivity contribution < 1.29 is 27.8 Å². The van der Waals surface area contributed by atoms with Crippen LogP contribution in [0.1, 0.15) is 29.3 Å². The van der Waals surface area contributed by atoms with Crippen molar-refractivity contribution in [2.75, 3.05) is 18.5 Å². The number of nitrogens with zero attached hydrogens (tertiary/aromatic N) is 1. The Hall–Kier alpha value is -3.91. The van der Waals surface area contributed by atoms with Crippen LogP contribution in [0.2, 0.25) is 0 Å². The van der Waals surface area contributed by atoms with Crippen LogP contribution in [0.3, 0.4) is 0 Å². The third-order valence-corrected chi connectivity index (χ3v) is 5.88. The minimum atomic E-state index is -4.46. The van der Waals surface area contributed by atoms with E-state index in [1.54, 1.807) is 60.7 Å². The molecule has 0 saturated heterocycles. The maximum absolute atomic E-state index is 13.2. The van der Waals surface area contributed by atoms with E-state index in [0.29, 0.717) is 45.8 Å². The number of pyridine rings is 1. The van der Waals surface area contributed by atoms with Gasteiger partial charge in [-0.1, -0.05) is 37.3 Å². The van der Waals surface area contributed by atoms with Crippen LogP contribution in [0.25, 0.3) is 22.2 Å². The molecular formula is C28H25F3N2O3. The van der Waals surface area contributed by atoms with Crippen LogP contribution >= 0.6 is 0 Å². The van der Waals surface area contributed by atoms with Gasteiger partial charge >= 0.3 is 6.18 Å². The second kappa shape index (κ2) is 10.8. The highest BCUT2D eigenvalue weighted by atomic mass is 19.4. The first-order valence-corrected chi connectivity index (χ1v) is 11.5. The predicted molar refractivity (Wildman–Crippen MR) is 133 cm³/mol. The summed E-state index contributed by atoms with van der Waals surface area (Å²) < 4.78 is 45.2. The van der Waals surface area contributed by atoms with Crippen molar-refractivity contribution in [1.82, 2.24) is 4.98 Å². The van der Waals surface area contributed by atoms with E-state index < -0.39 is 17.6 Å². The van der Waals surface area contributed by atoms with E-state index >= 15 is 0 Å². The molecule has 1 heterocycles. The first-order valence-electron chi connectivity index (χ1n) is 11.5. The second-order valence-corrected chi connectivity index (χ2v) is 8.40. The van der Waals surface area contributed by atoms with Gasteiger partial charge in [-0.3, -0.25) is 4.79 Å². The number of rotatable bonds is 8. The zero-order valence-corrected chi connectivity index (χ0v) is 19.5. The molecule has 1 atom stereocenters. The summed E-state index contributed by atoms with van der Waals surface area (Å²) >= 11 is 0. The van der Waals surface area contributed by atoms with Gasteiger partial charge in [0.25, 0.3) is 5.91 Å². The van der Waals surface area contributed by atoms with E-state index in [2.05, 4.69) is 10.3 Å². The lowest BCUT2D eigenvalue weighted by Gasteiger charge is -2.14. The third kappa shape index (κ3) is 5.83. The van der Waals surface area contributed by atoms with Gasteiger partial charge in [0.2, 0.25) is 0 Å². The van der Waals surface area contributed by atoms with Gasteiger partial charge in [-0.15, -0.1) is 0 Å². The first-order chi connectivity index (χ1) is 17.3. The van der Waals surface area contributed by atoms with E-state index in [0.717, 1.165) is 18.6 Å². The summed E-state index contributed by atoms with van der Waals surface area (Å²) in [4.78, 5) is 17.6. The van der Waals surface area contributed by atoms with Crippen LogP contribution in [0.4, 0.5) is 18.9 Å². The first kappa shape index (κ1) is 25.2. The largest absolute Gasteiger partial charge is 0.493 e. The lowest BCUT2D eigenvalue weighted by atomic mass is 10.0. The van der Waals surface area contributed by atoms with Crippen LogP contribution in [-0.2, 0) is 6.18 Å². The Kier molecular flexibility index (Phi) is 7.55. The summed E-state index contributed by atoms with van der Waals surface area (Å²) in [5.41, 5.74) is 1.12. The zero-order chi connectivity index (χ0) is 25.7. The Morgan fingerprint density at radius 1 is 1.03 bits per heavy atom. The van der Waals surface area contributed by atoms with Crippen molar-refractivity contribution in [3.8, 4) is 17.0 Å². The summed E-state index contributed by atoms with van der Waals surface area (Å²) in [6, 6.07) is 20.3. The number of anilines is 1. The average Bonchev–Trinajstić information content (AvgIpc) is 2.89. The second-order valence-electron chi connectivity index (χ2n) is 8.40. The molecule has 3 aromatic carbocycles. The predicted octanol–water partition coefficient (Wildman–Crippen LogP) is 6.57. The molecule has 0 fully saturated rings. The van der Waals surface area contributed by atoms with Gasteiger partial charge < -0.3 is 15.2 Å². The lowest BCUT2D eigenvalue weighted by molar-refractivity contribution is -0.137. The molecule has 0 aliphatic heterocycles. The van der Waals surface area contributed by atoms with Crippen molar-refractivity contribution in [1.29, 1.82) is 0 Å². The molecule has 8 heteroatoms. The van der Waals surface area contributed by atoms with Gasteiger partial charge in [-0.05, 0) is 55.0 Å². The van der Waals surface area contributed by atoms with Crippen LogP contribution in [-0.4, -0.2) is 29.2 Å². The summed E-state index contributed by atoms with van der Waals surface area (Å²) in [7, 11) is 0. The maximum atomic E-state index is 13.2. The number of ether oxygens (including phenoxy) is 1. The number of carbonyl (C=O) groups is 1. The fourth-order valence-corrected chi connectivity index (χ4v) is 3.69. The fourth-order valence-electron chi connectivity index (χ4n) is 3.69. The van der Waals surface area contributed by atoms with Crippen LogP contribution in [0.5, 0.6) is 5.75 Å². The smallest absolute Gasteiger partial charge is 0.416 e. The van der Waals surface area contributed by atoms with Gasteiger partial charge in [0.1, 0.15) is 5.75 Å². The number of carbonyl (C=O) groups excluding carboxylic acids is 1. The molecular weight excluding hydrogens is 469 g/mol. The zero-order valence-electron chi connectivity index (χ0n) is 19.5. The van der Waals surface area contributed by atoms with Crippen molar-refractivity contribution in [3.63, 3.8) is 0 Å². The molecule has 0 aliphatic carbocycles. The molecule has 5 nitrogen and oxygen atoms in total. The van der Waals surface area contributed by atoms with Crippen LogP contribution < -0.4 is 10.1 Å². The number of alkyl halides is 3. The Labute approximate surface area is 206 Å². The number of fused-ring (bicyclic) bond motifs is 1. The Bertz CT molecular complexity index is 1350. The molecule has 1 unspecified atom stereocenters. The quantitative estimate of drug-likeness (QED) is 0.291. The number of aliphatic hydroxyl groups is 1. The van der Waals surface area contributed by atoms with Crippen molar-refractivity contribution >= 4 is 22.5 Å². The van der Waals surface area contributed by atoms with E-state index in [4.69, 9.17) is 4.74 Å². The van der Waals surface area contributed by atoms with Gasteiger partial charge in [0.05, 0.1) is 28.9 Å². The summed E-state index contributed by atoms with van der Waals surface area (Å²) in [5, 5.41) is 12.8. The highest BCUT2D eigenvalue weighted by Crippen LogP contribution is 2.32. The number of aliphatic hydroxyl groups excluding tert-OH is 1. The van der Waals surface area contributed by atoms with Gasteiger partial charge in [-0.25, -0.2) is 4.98 Å².